The van der Waals surface area contributed by atoms with Gasteiger partial charge in [0.15, 0.2) is 0 Å². The van der Waals surface area contributed by atoms with E-state index in [0.717, 1.165) is 19.5 Å². The van der Waals surface area contributed by atoms with Gasteiger partial charge in [0.05, 0.1) is 5.92 Å². The molecule has 3 nitrogen and oxygen atoms in total. The summed E-state index contributed by atoms with van der Waals surface area (Å²) in [7, 11) is 0. The molecule has 0 aromatic heterocycles. The van der Waals surface area contributed by atoms with E-state index >= 15 is 0 Å². The van der Waals surface area contributed by atoms with Crippen LogP contribution in [0.5, 0.6) is 0 Å². The van der Waals surface area contributed by atoms with Crippen LogP contribution >= 0.6 is 11.6 Å². The fourth-order valence-corrected chi connectivity index (χ4v) is 2.75. The Balaban J connectivity index is 1.80. The van der Waals surface area contributed by atoms with Gasteiger partial charge in [-0.3, -0.25) is 4.79 Å². The standard InChI is InChI=1S/C14H17ClFNO2/c15-12-4-1-5-13(16)11(12)3-2-7-17-8-6-10(9-17)14(18)19/h1,4-5,10H,2-3,6-9H2,(H,18,19). The van der Waals surface area contributed by atoms with Crippen molar-refractivity contribution in [2.24, 2.45) is 5.92 Å². The fourth-order valence-electron chi connectivity index (χ4n) is 2.49. The van der Waals surface area contributed by atoms with Crippen molar-refractivity contribution in [2.45, 2.75) is 19.3 Å². The molecular formula is C14H17ClFNO2. The zero-order valence-electron chi connectivity index (χ0n) is 10.6. The van der Waals surface area contributed by atoms with Gasteiger partial charge in [0.1, 0.15) is 5.82 Å². The third-order valence-corrected chi connectivity index (χ3v) is 3.94. The quantitative estimate of drug-likeness (QED) is 0.904. The van der Waals surface area contributed by atoms with Crippen LogP contribution < -0.4 is 0 Å². The lowest BCUT2D eigenvalue weighted by Gasteiger charge is -2.15. The Morgan fingerprint density at radius 2 is 2.32 bits per heavy atom. The average Bonchev–Trinajstić information content (AvgIpc) is 2.82. The van der Waals surface area contributed by atoms with Crippen LogP contribution in [0.3, 0.4) is 0 Å². The number of likely N-dealkylation sites (tertiary alicyclic amines) is 1. The second-order valence-electron chi connectivity index (χ2n) is 4.93. The Hall–Kier alpha value is -1.13. The summed E-state index contributed by atoms with van der Waals surface area (Å²) >= 11 is 5.96. The smallest absolute Gasteiger partial charge is 0.307 e. The summed E-state index contributed by atoms with van der Waals surface area (Å²) in [6.07, 6.45) is 2.07. The lowest BCUT2D eigenvalue weighted by Crippen LogP contribution is -2.24. The van der Waals surface area contributed by atoms with Gasteiger partial charge in [0.25, 0.3) is 0 Å². The number of hydrogen-bond donors (Lipinski definition) is 1. The Labute approximate surface area is 117 Å². The summed E-state index contributed by atoms with van der Waals surface area (Å²) in [5.41, 5.74) is 0.554. The molecule has 1 saturated heterocycles. The minimum absolute atomic E-state index is 0.253. The number of hydrogen-bond acceptors (Lipinski definition) is 2. The molecule has 0 radical (unpaired) electrons. The number of rotatable bonds is 5. The Morgan fingerprint density at radius 1 is 1.53 bits per heavy atom. The molecule has 0 saturated carbocycles. The molecule has 1 N–H and O–H groups in total. The molecule has 19 heavy (non-hydrogen) atoms. The van der Waals surface area contributed by atoms with Gasteiger partial charge in [-0.15, -0.1) is 0 Å². The van der Waals surface area contributed by atoms with E-state index in [-0.39, 0.29) is 11.7 Å². The first kappa shape index (κ1) is 14.3. The molecule has 0 aliphatic carbocycles. The number of benzene rings is 1. The van der Waals surface area contributed by atoms with Crippen LogP contribution in [-0.4, -0.2) is 35.6 Å². The third-order valence-electron chi connectivity index (χ3n) is 3.58. The number of halogens is 2. The highest BCUT2D eigenvalue weighted by Crippen LogP contribution is 2.21. The first-order valence-electron chi connectivity index (χ1n) is 6.46. The average molecular weight is 286 g/mol. The van der Waals surface area contributed by atoms with Crippen LogP contribution in [0.25, 0.3) is 0 Å². The molecule has 1 heterocycles. The van der Waals surface area contributed by atoms with Gasteiger partial charge in [0.2, 0.25) is 0 Å². The molecule has 0 amide bonds. The predicted molar refractivity (Wildman–Crippen MR) is 71.9 cm³/mol. The van der Waals surface area contributed by atoms with Crippen molar-refractivity contribution in [3.63, 3.8) is 0 Å². The van der Waals surface area contributed by atoms with Gasteiger partial charge in [-0.2, -0.15) is 0 Å². The third kappa shape index (κ3) is 3.67. The van der Waals surface area contributed by atoms with E-state index < -0.39 is 5.97 Å². The van der Waals surface area contributed by atoms with E-state index in [1.807, 2.05) is 0 Å². The van der Waals surface area contributed by atoms with Gasteiger partial charge < -0.3 is 10.0 Å². The Bertz CT molecular complexity index is 447. The maximum Gasteiger partial charge on any atom is 0.307 e. The summed E-state index contributed by atoms with van der Waals surface area (Å²) in [6.45, 7) is 2.19. The molecule has 1 atom stereocenters. The second kappa shape index (κ2) is 6.35. The van der Waals surface area contributed by atoms with Gasteiger partial charge in [-0.05, 0) is 44.5 Å². The van der Waals surface area contributed by atoms with Crippen LogP contribution in [0.4, 0.5) is 4.39 Å². The Kier molecular flexibility index (Phi) is 4.77. The Morgan fingerprint density at radius 3 is 2.95 bits per heavy atom. The topological polar surface area (TPSA) is 40.5 Å². The molecule has 1 aliphatic heterocycles. The zero-order chi connectivity index (χ0) is 13.8. The van der Waals surface area contributed by atoms with Crippen LogP contribution in [-0.2, 0) is 11.2 Å². The molecule has 1 aromatic carbocycles. The minimum atomic E-state index is -0.723. The van der Waals surface area contributed by atoms with E-state index in [1.165, 1.54) is 6.07 Å². The molecule has 5 heteroatoms. The van der Waals surface area contributed by atoms with Crippen molar-refractivity contribution in [1.82, 2.24) is 4.90 Å². The summed E-state index contributed by atoms with van der Waals surface area (Å²) in [4.78, 5) is 13.0. The summed E-state index contributed by atoms with van der Waals surface area (Å²) in [5, 5.41) is 9.38. The molecule has 1 fully saturated rings. The van der Waals surface area contributed by atoms with E-state index in [1.54, 1.807) is 12.1 Å². The van der Waals surface area contributed by atoms with Gasteiger partial charge >= 0.3 is 5.97 Å². The number of carbonyl (C=O) groups is 1. The van der Waals surface area contributed by atoms with Crippen molar-refractivity contribution in [1.29, 1.82) is 0 Å². The summed E-state index contributed by atoms with van der Waals surface area (Å²) in [5.74, 6) is -1.24. The maximum absolute atomic E-state index is 13.5. The zero-order valence-corrected chi connectivity index (χ0v) is 11.4. The predicted octanol–water partition coefficient (Wildman–Crippen LogP) is 2.82. The number of aliphatic carboxylic acids is 1. The first-order valence-corrected chi connectivity index (χ1v) is 6.84. The number of carboxylic acid groups (broad SMARTS) is 1. The molecule has 1 aromatic rings. The minimum Gasteiger partial charge on any atom is -0.481 e. The largest absolute Gasteiger partial charge is 0.481 e. The van der Waals surface area contributed by atoms with Crippen LogP contribution in [0.2, 0.25) is 5.02 Å². The van der Waals surface area contributed by atoms with Crippen LogP contribution in [0, 0.1) is 11.7 Å². The monoisotopic (exact) mass is 285 g/mol. The van der Waals surface area contributed by atoms with Crippen molar-refractivity contribution >= 4 is 17.6 Å². The first-order chi connectivity index (χ1) is 9.08. The highest BCUT2D eigenvalue weighted by molar-refractivity contribution is 6.31. The lowest BCUT2D eigenvalue weighted by atomic mass is 10.1. The SMILES string of the molecule is O=C(O)C1CCN(CCCc2c(F)cccc2Cl)C1. The van der Waals surface area contributed by atoms with Crippen molar-refractivity contribution in [3.8, 4) is 0 Å². The van der Waals surface area contributed by atoms with Crippen LogP contribution in [0.15, 0.2) is 18.2 Å². The molecule has 0 spiro atoms. The van der Waals surface area contributed by atoms with Gasteiger partial charge in [0, 0.05) is 17.1 Å². The lowest BCUT2D eigenvalue weighted by molar-refractivity contribution is -0.141. The van der Waals surface area contributed by atoms with E-state index in [9.17, 15) is 9.18 Å². The molecular weight excluding hydrogens is 269 g/mol. The molecule has 2 rings (SSSR count). The van der Waals surface area contributed by atoms with Gasteiger partial charge in [-0.25, -0.2) is 4.39 Å². The number of nitrogens with zero attached hydrogens (tertiary/aromatic N) is 1. The van der Waals surface area contributed by atoms with Gasteiger partial charge in [-0.1, -0.05) is 17.7 Å². The molecule has 1 unspecified atom stereocenters. The second-order valence-corrected chi connectivity index (χ2v) is 5.34. The highest BCUT2D eigenvalue weighted by Gasteiger charge is 2.27. The summed E-state index contributed by atoms with van der Waals surface area (Å²) < 4.78 is 13.5. The molecule has 0 bridgehead atoms. The number of carboxylic acids is 1. The van der Waals surface area contributed by atoms with E-state index in [2.05, 4.69) is 4.90 Å². The van der Waals surface area contributed by atoms with Crippen molar-refractivity contribution in [2.75, 3.05) is 19.6 Å². The normalized spacial score (nSPS) is 19.8. The molecule has 1 aliphatic rings. The van der Waals surface area contributed by atoms with Crippen molar-refractivity contribution < 1.29 is 14.3 Å². The highest BCUT2D eigenvalue weighted by atomic mass is 35.5. The summed E-state index contributed by atoms with van der Waals surface area (Å²) in [6, 6.07) is 4.70. The van der Waals surface area contributed by atoms with E-state index in [4.69, 9.17) is 16.7 Å². The fraction of sp³-hybridized carbons (Fsp3) is 0.500. The van der Waals surface area contributed by atoms with Crippen molar-refractivity contribution in [3.05, 3.63) is 34.6 Å². The molecule has 104 valence electrons. The van der Waals surface area contributed by atoms with E-state index in [0.29, 0.717) is 30.0 Å². The maximum atomic E-state index is 13.5. The van der Waals surface area contributed by atoms with Crippen LogP contribution in [0.1, 0.15) is 18.4 Å².